The fourth-order valence-electron chi connectivity index (χ4n) is 6.67. The summed E-state index contributed by atoms with van der Waals surface area (Å²) in [4.78, 5) is 40.1. The van der Waals surface area contributed by atoms with Crippen LogP contribution in [0.1, 0.15) is 56.9 Å². The van der Waals surface area contributed by atoms with Crippen molar-refractivity contribution in [2.45, 2.75) is 63.8 Å². The van der Waals surface area contributed by atoms with Gasteiger partial charge in [-0.25, -0.2) is 14.4 Å². The van der Waals surface area contributed by atoms with E-state index in [-0.39, 0.29) is 48.8 Å². The number of rotatable bonds is 13. The summed E-state index contributed by atoms with van der Waals surface area (Å²) in [7, 11) is -4.03. The van der Waals surface area contributed by atoms with Gasteiger partial charge >= 0.3 is 0 Å². The van der Waals surface area contributed by atoms with E-state index in [0.29, 0.717) is 60.9 Å². The molecule has 0 spiro atoms. The van der Waals surface area contributed by atoms with Crippen LogP contribution in [0.3, 0.4) is 0 Å². The summed E-state index contributed by atoms with van der Waals surface area (Å²) >= 11 is 5.88. The molecule has 11 nitrogen and oxygen atoms in total. The molecule has 14 heteroatoms. The molecule has 2 aromatic rings. The van der Waals surface area contributed by atoms with Gasteiger partial charge in [0.2, 0.25) is 17.8 Å². The number of fused-ring (bicyclic) bond motifs is 1. The number of hydrogen-bond donors (Lipinski definition) is 1. The maximum atomic E-state index is 14.9. The van der Waals surface area contributed by atoms with E-state index in [2.05, 4.69) is 14.9 Å². The summed E-state index contributed by atoms with van der Waals surface area (Å²) in [6.07, 6.45) is 8.75. The van der Waals surface area contributed by atoms with Gasteiger partial charge in [-0.3, -0.25) is 14.1 Å². The average Bonchev–Trinajstić information content (AvgIpc) is 3.61. The van der Waals surface area contributed by atoms with Gasteiger partial charge in [0.1, 0.15) is 11.6 Å². The van der Waals surface area contributed by atoms with E-state index in [1.165, 1.54) is 6.07 Å². The van der Waals surface area contributed by atoms with Crippen LogP contribution in [-0.4, -0.2) is 95.7 Å². The minimum atomic E-state index is -4.03. The Morgan fingerprint density at radius 1 is 1.02 bits per heavy atom. The zero-order valence-corrected chi connectivity index (χ0v) is 26.9. The second-order valence-electron chi connectivity index (χ2n) is 12.3. The Labute approximate surface area is 268 Å². The van der Waals surface area contributed by atoms with E-state index in [4.69, 9.17) is 20.9 Å². The first-order valence-corrected chi connectivity index (χ1v) is 17.7. The Kier molecular flexibility index (Phi) is 11.1. The highest BCUT2D eigenvalue weighted by Crippen LogP contribution is 2.33. The Hall–Kier alpha value is -3.03. The number of likely N-dealkylation sites (tertiary alicyclic amines) is 2. The van der Waals surface area contributed by atoms with Gasteiger partial charge in [0, 0.05) is 51.1 Å². The lowest BCUT2D eigenvalue weighted by Crippen LogP contribution is -2.41. The quantitative estimate of drug-likeness (QED) is 0.249. The Morgan fingerprint density at radius 3 is 2.49 bits per heavy atom. The smallest absolute Gasteiger partial charge is 0.264 e. The fourth-order valence-corrected chi connectivity index (χ4v) is 7.33. The van der Waals surface area contributed by atoms with Crippen LogP contribution in [0.2, 0.25) is 5.02 Å². The maximum Gasteiger partial charge on any atom is 0.264 e. The van der Waals surface area contributed by atoms with E-state index in [1.54, 1.807) is 34.3 Å². The van der Waals surface area contributed by atoms with Crippen molar-refractivity contribution >= 4 is 39.5 Å². The molecule has 1 unspecified atom stereocenters. The molecule has 3 aliphatic heterocycles. The average molecular weight is 666 g/mol. The number of aromatic nitrogens is 2. The van der Waals surface area contributed by atoms with Gasteiger partial charge in [0.25, 0.3) is 10.1 Å². The lowest BCUT2D eigenvalue weighted by Gasteiger charge is -2.31. The zero-order valence-electron chi connectivity index (χ0n) is 25.3. The first-order chi connectivity index (χ1) is 21.6. The normalized spacial score (nSPS) is 20.5. The molecule has 0 saturated carbocycles. The van der Waals surface area contributed by atoms with E-state index >= 15 is 0 Å². The molecule has 246 valence electrons. The molecule has 2 amide bonds. The molecule has 3 fully saturated rings. The lowest BCUT2D eigenvalue weighted by atomic mass is 9.92. The number of carbonyl (C=O) groups excluding carboxylic acids is 2. The van der Waals surface area contributed by atoms with Crippen molar-refractivity contribution in [3.8, 4) is 5.75 Å². The molecule has 1 aromatic heterocycles. The third-order valence-electron chi connectivity index (χ3n) is 9.16. The molecule has 2 atom stereocenters. The molecule has 45 heavy (non-hydrogen) atoms. The van der Waals surface area contributed by atoms with Gasteiger partial charge < -0.3 is 19.4 Å². The molecule has 3 aliphatic rings. The van der Waals surface area contributed by atoms with Crippen molar-refractivity contribution < 1.29 is 31.7 Å². The summed E-state index contributed by atoms with van der Waals surface area (Å²) in [6, 6.07) is 4.58. The molecule has 4 heterocycles. The van der Waals surface area contributed by atoms with Crippen LogP contribution in [0, 0.1) is 17.7 Å². The lowest BCUT2D eigenvalue weighted by molar-refractivity contribution is -0.134. The number of unbranched alkanes of at least 4 members (excludes halogenated alkanes) is 1. The largest absolute Gasteiger partial charge is 0.493 e. The molecule has 0 radical (unpaired) electrons. The Bertz CT molecular complexity index is 1440. The number of halogens is 2. The number of hydrogen-bond acceptors (Lipinski definition) is 8. The second kappa shape index (κ2) is 15.0. The summed E-state index contributed by atoms with van der Waals surface area (Å²) < 4.78 is 51.4. The van der Waals surface area contributed by atoms with Gasteiger partial charge in [-0.15, -0.1) is 0 Å². The number of anilines is 1. The molecule has 0 bridgehead atoms. The van der Waals surface area contributed by atoms with Gasteiger partial charge in [-0.05, 0) is 62.5 Å². The Balaban J connectivity index is 1.00. The number of carbonyl (C=O) groups is 2. The van der Waals surface area contributed by atoms with Crippen LogP contribution in [0.15, 0.2) is 30.6 Å². The summed E-state index contributed by atoms with van der Waals surface area (Å²) in [5.41, 5.74) is 0.313. The molecule has 3 saturated heterocycles. The SMILES string of the molecule is O=C(Cc1ccc(OCCCC2CCN(c3ncc(Cl)cn3)CC2)cc1F)N1CC2CCN(C(=O)CCCCS(=O)(=O)O)[C@@H]2C1. The topological polar surface area (TPSA) is 133 Å². The van der Waals surface area contributed by atoms with Crippen molar-refractivity contribution in [1.82, 2.24) is 19.8 Å². The molecule has 1 N–H and O–H groups in total. The minimum Gasteiger partial charge on any atom is -0.493 e. The predicted octanol–water partition coefficient (Wildman–Crippen LogP) is 4.00. The summed E-state index contributed by atoms with van der Waals surface area (Å²) in [5, 5.41) is 0.525. The van der Waals surface area contributed by atoms with Gasteiger partial charge in [-0.1, -0.05) is 17.7 Å². The van der Waals surface area contributed by atoms with Crippen LogP contribution in [0.5, 0.6) is 5.75 Å². The van der Waals surface area contributed by atoms with Crippen LogP contribution >= 0.6 is 11.6 Å². The third-order valence-corrected chi connectivity index (χ3v) is 10.2. The first kappa shape index (κ1) is 33.3. The van der Waals surface area contributed by atoms with E-state index < -0.39 is 15.9 Å². The zero-order chi connectivity index (χ0) is 32.0. The number of benzene rings is 1. The number of nitrogens with zero attached hydrogens (tertiary/aromatic N) is 5. The van der Waals surface area contributed by atoms with Crippen LogP contribution in [-0.2, 0) is 26.1 Å². The second-order valence-corrected chi connectivity index (χ2v) is 14.3. The molecular weight excluding hydrogens is 625 g/mol. The highest BCUT2D eigenvalue weighted by atomic mass is 35.5. The van der Waals surface area contributed by atoms with Crippen molar-refractivity contribution in [1.29, 1.82) is 0 Å². The van der Waals surface area contributed by atoms with Crippen molar-refractivity contribution in [3.05, 3.63) is 47.0 Å². The minimum absolute atomic E-state index is 0.0606. The van der Waals surface area contributed by atoms with Crippen molar-refractivity contribution in [2.24, 2.45) is 11.8 Å². The van der Waals surface area contributed by atoms with Crippen molar-refractivity contribution in [3.63, 3.8) is 0 Å². The van der Waals surface area contributed by atoms with Crippen LogP contribution in [0.25, 0.3) is 0 Å². The van der Waals surface area contributed by atoms with Gasteiger partial charge in [0.15, 0.2) is 0 Å². The molecule has 5 rings (SSSR count). The summed E-state index contributed by atoms with van der Waals surface area (Å²) in [6.45, 7) is 3.85. The summed E-state index contributed by atoms with van der Waals surface area (Å²) in [5.74, 6) is 0.854. The monoisotopic (exact) mass is 665 g/mol. The van der Waals surface area contributed by atoms with E-state index in [1.807, 2.05) is 0 Å². The fraction of sp³-hybridized carbons (Fsp3) is 0.613. The number of piperidine rings is 1. The number of amides is 2. The Morgan fingerprint density at radius 2 is 1.78 bits per heavy atom. The molecule has 1 aromatic carbocycles. The predicted molar refractivity (Wildman–Crippen MR) is 167 cm³/mol. The molecular formula is C31H41ClFN5O6S. The first-order valence-electron chi connectivity index (χ1n) is 15.7. The van der Waals surface area contributed by atoms with Gasteiger partial charge in [0.05, 0.1) is 42.2 Å². The maximum absolute atomic E-state index is 14.9. The highest BCUT2D eigenvalue weighted by molar-refractivity contribution is 7.85. The van der Waals surface area contributed by atoms with Gasteiger partial charge in [-0.2, -0.15) is 8.42 Å². The standard InChI is InChI=1S/C31H41ClFN5O6S/c32-25-18-34-31(35-19-25)36-11-8-22(9-12-36)4-3-14-44-26-7-6-23(27(33)17-26)16-30(40)37-20-24-10-13-38(28(24)21-37)29(39)5-1-2-15-45(41,42)43/h6-7,17-19,22,24,28H,1-5,8-16,20-21H2,(H,41,42,43)/t24?,28-/m1/s1. The molecule has 0 aliphatic carbocycles. The number of ether oxygens (including phenoxy) is 1. The van der Waals surface area contributed by atoms with Crippen LogP contribution < -0.4 is 9.64 Å². The third kappa shape index (κ3) is 9.26. The highest BCUT2D eigenvalue weighted by Gasteiger charge is 2.44. The van der Waals surface area contributed by atoms with Crippen molar-refractivity contribution in [2.75, 3.05) is 50.0 Å². The van der Waals surface area contributed by atoms with E-state index in [0.717, 1.165) is 45.2 Å². The van der Waals surface area contributed by atoms with Crippen LogP contribution in [0.4, 0.5) is 10.3 Å². The van der Waals surface area contributed by atoms with E-state index in [9.17, 15) is 22.4 Å².